The summed E-state index contributed by atoms with van der Waals surface area (Å²) < 4.78 is 0. The molecule has 1 amide bonds. The SMILES string of the molecule is CNC(=O)C(O)Cc1ccccc1. The Balaban J connectivity index is 2.55. The van der Waals surface area contributed by atoms with Gasteiger partial charge in [0.25, 0.3) is 0 Å². The molecule has 0 saturated carbocycles. The van der Waals surface area contributed by atoms with Crippen LogP contribution < -0.4 is 5.32 Å². The molecule has 0 aliphatic rings. The van der Waals surface area contributed by atoms with Gasteiger partial charge in [0, 0.05) is 13.5 Å². The highest BCUT2D eigenvalue weighted by molar-refractivity contribution is 5.80. The summed E-state index contributed by atoms with van der Waals surface area (Å²) in [6.45, 7) is 0. The van der Waals surface area contributed by atoms with E-state index in [9.17, 15) is 9.90 Å². The lowest BCUT2D eigenvalue weighted by Crippen LogP contribution is -2.33. The zero-order valence-corrected chi connectivity index (χ0v) is 7.53. The Morgan fingerprint density at radius 3 is 2.62 bits per heavy atom. The molecular weight excluding hydrogens is 166 g/mol. The standard InChI is InChI=1S/C10H13NO2/c1-11-10(13)9(12)7-8-5-3-2-4-6-8/h2-6,9,12H,7H2,1H3,(H,11,13). The molecule has 1 atom stereocenters. The van der Waals surface area contributed by atoms with Crippen LogP contribution in [-0.2, 0) is 11.2 Å². The van der Waals surface area contributed by atoms with Gasteiger partial charge in [-0.05, 0) is 5.56 Å². The van der Waals surface area contributed by atoms with Gasteiger partial charge >= 0.3 is 0 Å². The Kier molecular flexibility index (Phi) is 3.46. The Morgan fingerprint density at radius 2 is 2.08 bits per heavy atom. The number of aliphatic hydroxyl groups excluding tert-OH is 1. The van der Waals surface area contributed by atoms with Crippen molar-refractivity contribution in [3.05, 3.63) is 35.9 Å². The quantitative estimate of drug-likeness (QED) is 0.702. The highest BCUT2D eigenvalue weighted by atomic mass is 16.3. The van der Waals surface area contributed by atoms with Crippen LogP contribution in [0.1, 0.15) is 5.56 Å². The molecule has 1 aromatic carbocycles. The zero-order chi connectivity index (χ0) is 9.68. The summed E-state index contributed by atoms with van der Waals surface area (Å²) in [5, 5.41) is 11.8. The third kappa shape index (κ3) is 2.87. The first kappa shape index (κ1) is 9.74. The number of amides is 1. The smallest absolute Gasteiger partial charge is 0.248 e. The van der Waals surface area contributed by atoms with Crippen LogP contribution in [0.5, 0.6) is 0 Å². The average molecular weight is 179 g/mol. The molecule has 3 nitrogen and oxygen atoms in total. The van der Waals surface area contributed by atoms with Crippen molar-refractivity contribution < 1.29 is 9.90 Å². The molecule has 0 fully saturated rings. The molecule has 0 radical (unpaired) electrons. The summed E-state index contributed by atoms with van der Waals surface area (Å²) in [7, 11) is 1.51. The van der Waals surface area contributed by atoms with Gasteiger partial charge in [-0.1, -0.05) is 30.3 Å². The number of hydrogen-bond acceptors (Lipinski definition) is 2. The van der Waals surface area contributed by atoms with Gasteiger partial charge in [0.15, 0.2) is 0 Å². The number of rotatable bonds is 3. The second-order valence-corrected chi connectivity index (χ2v) is 2.82. The molecule has 1 unspecified atom stereocenters. The van der Waals surface area contributed by atoms with Crippen LogP contribution in [0.25, 0.3) is 0 Å². The first-order valence-electron chi connectivity index (χ1n) is 4.17. The van der Waals surface area contributed by atoms with Gasteiger partial charge in [0.05, 0.1) is 0 Å². The summed E-state index contributed by atoms with van der Waals surface area (Å²) in [4.78, 5) is 11.0. The number of carbonyl (C=O) groups is 1. The van der Waals surface area contributed by atoms with Gasteiger partial charge in [-0.25, -0.2) is 0 Å². The minimum Gasteiger partial charge on any atom is -0.383 e. The fourth-order valence-electron chi connectivity index (χ4n) is 1.10. The zero-order valence-electron chi connectivity index (χ0n) is 7.53. The maximum absolute atomic E-state index is 11.0. The van der Waals surface area contributed by atoms with Gasteiger partial charge in [0.2, 0.25) is 5.91 Å². The van der Waals surface area contributed by atoms with Crippen molar-refractivity contribution in [2.45, 2.75) is 12.5 Å². The monoisotopic (exact) mass is 179 g/mol. The van der Waals surface area contributed by atoms with E-state index in [1.54, 1.807) is 0 Å². The van der Waals surface area contributed by atoms with E-state index in [2.05, 4.69) is 5.32 Å². The number of likely N-dealkylation sites (N-methyl/N-ethyl adjacent to an activating group) is 1. The average Bonchev–Trinajstić information content (AvgIpc) is 2.18. The van der Waals surface area contributed by atoms with Gasteiger partial charge < -0.3 is 10.4 Å². The number of carbonyl (C=O) groups excluding carboxylic acids is 1. The highest BCUT2D eigenvalue weighted by Gasteiger charge is 2.12. The van der Waals surface area contributed by atoms with Gasteiger partial charge in [-0.15, -0.1) is 0 Å². The van der Waals surface area contributed by atoms with E-state index in [0.717, 1.165) is 5.56 Å². The molecule has 1 rings (SSSR count). The van der Waals surface area contributed by atoms with E-state index >= 15 is 0 Å². The van der Waals surface area contributed by atoms with Crippen molar-refractivity contribution >= 4 is 5.91 Å². The molecule has 0 bridgehead atoms. The second-order valence-electron chi connectivity index (χ2n) is 2.82. The molecule has 0 spiro atoms. The highest BCUT2D eigenvalue weighted by Crippen LogP contribution is 2.02. The van der Waals surface area contributed by atoms with Crippen molar-refractivity contribution in [3.8, 4) is 0 Å². The molecule has 0 aliphatic heterocycles. The summed E-state index contributed by atoms with van der Waals surface area (Å²) >= 11 is 0. The Labute approximate surface area is 77.4 Å². The van der Waals surface area contributed by atoms with Gasteiger partial charge in [0.1, 0.15) is 6.10 Å². The number of hydrogen-bond donors (Lipinski definition) is 2. The summed E-state index contributed by atoms with van der Waals surface area (Å²) in [6.07, 6.45) is -0.590. The van der Waals surface area contributed by atoms with Crippen molar-refractivity contribution in [3.63, 3.8) is 0 Å². The van der Waals surface area contributed by atoms with Gasteiger partial charge in [-0.3, -0.25) is 4.79 Å². The van der Waals surface area contributed by atoms with Crippen molar-refractivity contribution in [2.24, 2.45) is 0 Å². The van der Waals surface area contributed by atoms with E-state index in [0.29, 0.717) is 6.42 Å². The molecule has 0 heterocycles. The molecule has 70 valence electrons. The minimum atomic E-state index is -0.951. The first-order chi connectivity index (χ1) is 6.24. The summed E-state index contributed by atoms with van der Waals surface area (Å²) in [5.41, 5.74) is 0.957. The minimum absolute atomic E-state index is 0.344. The number of aliphatic hydroxyl groups is 1. The van der Waals surface area contributed by atoms with Gasteiger partial charge in [-0.2, -0.15) is 0 Å². The molecule has 2 N–H and O–H groups in total. The van der Waals surface area contributed by atoms with Crippen LogP contribution in [0, 0.1) is 0 Å². The third-order valence-electron chi connectivity index (χ3n) is 1.82. The maximum atomic E-state index is 11.0. The predicted octanol–water partition coefficient (Wildman–Crippen LogP) is 0.336. The van der Waals surface area contributed by atoms with Crippen LogP contribution in [0.2, 0.25) is 0 Å². The van der Waals surface area contributed by atoms with E-state index in [4.69, 9.17) is 0 Å². The molecular formula is C10H13NO2. The largest absolute Gasteiger partial charge is 0.383 e. The molecule has 1 aromatic rings. The first-order valence-corrected chi connectivity index (χ1v) is 4.17. The van der Waals surface area contributed by atoms with Crippen molar-refractivity contribution in [1.82, 2.24) is 5.32 Å². The third-order valence-corrected chi connectivity index (χ3v) is 1.82. The molecule has 0 aliphatic carbocycles. The summed E-state index contributed by atoms with van der Waals surface area (Å²) in [6, 6.07) is 9.42. The normalized spacial score (nSPS) is 12.2. The Bertz CT molecular complexity index is 272. The van der Waals surface area contributed by atoms with Crippen LogP contribution in [0.4, 0.5) is 0 Å². The number of benzene rings is 1. The molecule has 0 aromatic heterocycles. The fourth-order valence-corrected chi connectivity index (χ4v) is 1.10. The van der Waals surface area contributed by atoms with Crippen LogP contribution in [-0.4, -0.2) is 24.2 Å². The van der Waals surface area contributed by atoms with Crippen molar-refractivity contribution in [2.75, 3.05) is 7.05 Å². The predicted molar refractivity (Wildman–Crippen MR) is 50.2 cm³/mol. The second kappa shape index (κ2) is 4.62. The van der Waals surface area contributed by atoms with E-state index in [1.165, 1.54) is 7.05 Å². The lowest BCUT2D eigenvalue weighted by molar-refractivity contribution is -0.128. The van der Waals surface area contributed by atoms with Crippen LogP contribution in [0.15, 0.2) is 30.3 Å². The van der Waals surface area contributed by atoms with E-state index < -0.39 is 6.10 Å². The molecule has 3 heteroatoms. The lowest BCUT2D eigenvalue weighted by atomic mass is 10.1. The Hall–Kier alpha value is -1.35. The molecule has 0 saturated heterocycles. The van der Waals surface area contributed by atoms with E-state index in [1.807, 2.05) is 30.3 Å². The topological polar surface area (TPSA) is 49.3 Å². The Morgan fingerprint density at radius 1 is 1.46 bits per heavy atom. The summed E-state index contributed by atoms with van der Waals surface area (Å²) in [5.74, 6) is -0.344. The van der Waals surface area contributed by atoms with Crippen LogP contribution >= 0.6 is 0 Å². The van der Waals surface area contributed by atoms with Crippen molar-refractivity contribution in [1.29, 1.82) is 0 Å². The van der Waals surface area contributed by atoms with E-state index in [-0.39, 0.29) is 5.91 Å². The molecule has 13 heavy (non-hydrogen) atoms. The number of nitrogens with one attached hydrogen (secondary N) is 1. The fraction of sp³-hybridized carbons (Fsp3) is 0.300. The van der Waals surface area contributed by atoms with Crippen LogP contribution in [0.3, 0.4) is 0 Å². The maximum Gasteiger partial charge on any atom is 0.248 e. The lowest BCUT2D eigenvalue weighted by Gasteiger charge is -2.08.